The Morgan fingerprint density at radius 2 is 2.24 bits per heavy atom. The van der Waals surface area contributed by atoms with Crippen molar-refractivity contribution in [2.45, 2.75) is 76.5 Å². The smallest absolute Gasteiger partial charge is 0.244 e. The summed E-state index contributed by atoms with van der Waals surface area (Å²) in [5.41, 5.74) is 0.980. The van der Waals surface area contributed by atoms with E-state index in [1.165, 1.54) is 31.2 Å². The fourth-order valence-corrected chi connectivity index (χ4v) is 4.54. The number of nitrogens with one attached hydrogen (secondary N) is 1. The molecule has 4 heteroatoms. The molecule has 2 fully saturated rings. The van der Waals surface area contributed by atoms with E-state index in [0.717, 1.165) is 19.3 Å². The second-order valence-corrected chi connectivity index (χ2v) is 7.38. The molecule has 3 nitrogen and oxygen atoms in total. The SMILES string of the molecule is CCCCC(C)N1C(=O)C2(CCCC2)NC1c1ccsc1. The normalized spacial score (nSPS) is 25.9. The Balaban J connectivity index is 1.87. The van der Waals surface area contributed by atoms with Gasteiger partial charge in [0.2, 0.25) is 5.91 Å². The summed E-state index contributed by atoms with van der Waals surface area (Å²) >= 11 is 1.71. The van der Waals surface area contributed by atoms with Crippen LogP contribution in [0.15, 0.2) is 16.8 Å². The number of carbonyl (C=O) groups is 1. The number of hydrogen-bond donors (Lipinski definition) is 1. The first-order valence-electron chi connectivity index (χ1n) is 8.30. The van der Waals surface area contributed by atoms with Crippen LogP contribution in [0, 0.1) is 0 Å². The van der Waals surface area contributed by atoms with Crippen LogP contribution in [0.1, 0.15) is 70.5 Å². The summed E-state index contributed by atoms with van der Waals surface area (Å²) in [5, 5.41) is 8.00. The summed E-state index contributed by atoms with van der Waals surface area (Å²) in [5.74, 6) is 0.347. The van der Waals surface area contributed by atoms with Crippen molar-refractivity contribution in [3.8, 4) is 0 Å². The molecule has 2 unspecified atom stereocenters. The van der Waals surface area contributed by atoms with Gasteiger partial charge in [-0.1, -0.05) is 32.6 Å². The van der Waals surface area contributed by atoms with E-state index in [-0.39, 0.29) is 11.7 Å². The van der Waals surface area contributed by atoms with Gasteiger partial charge in [-0.05, 0) is 48.6 Å². The lowest BCUT2D eigenvalue weighted by Gasteiger charge is -2.30. The number of rotatable bonds is 5. The van der Waals surface area contributed by atoms with Crippen molar-refractivity contribution in [3.63, 3.8) is 0 Å². The minimum Gasteiger partial charge on any atom is -0.319 e. The first-order valence-corrected chi connectivity index (χ1v) is 9.25. The monoisotopic (exact) mass is 306 g/mol. The first-order chi connectivity index (χ1) is 10.2. The molecule has 2 aliphatic rings. The van der Waals surface area contributed by atoms with Gasteiger partial charge in [-0.25, -0.2) is 0 Å². The highest BCUT2D eigenvalue weighted by Crippen LogP contribution is 2.42. The number of unbranched alkanes of at least 4 members (excludes halogenated alkanes) is 1. The molecule has 0 bridgehead atoms. The van der Waals surface area contributed by atoms with Crippen LogP contribution in [-0.4, -0.2) is 22.4 Å². The minimum absolute atomic E-state index is 0.0775. The quantitative estimate of drug-likeness (QED) is 0.889. The molecule has 0 aromatic carbocycles. The van der Waals surface area contributed by atoms with Crippen molar-refractivity contribution in [1.82, 2.24) is 10.2 Å². The Kier molecular flexibility index (Phi) is 4.36. The van der Waals surface area contributed by atoms with Crippen LogP contribution in [0.25, 0.3) is 0 Å². The average Bonchev–Trinajstić information content (AvgIpc) is 3.19. The lowest BCUT2D eigenvalue weighted by Crippen LogP contribution is -2.45. The largest absolute Gasteiger partial charge is 0.319 e. The molecule has 1 saturated carbocycles. The van der Waals surface area contributed by atoms with Gasteiger partial charge in [0.15, 0.2) is 0 Å². The third kappa shape index (κ3) is 2.64. The molecule has 3 rings (SSSR count). The van der Waals surface area contributed by atoms with Crippen LogP contribution in [0.2, 0.25) is 0 Å². The number of amides is 1. The van der Waals surface area contributed by atoms with Gasteiger partial charge in [0.05, 0.1) is 5.54 Å². The summed E-state index contributed by atoms with van der Waals surface area (Å²) in [4.78, 5) is 15.2. The zero-order valence-electron chi connectivity index (χ0n) is 13.1. The molecule has 116 valence electrons. The van der Waals surface area contributed by atoms with Gasteiger partial charge in [0.1, 0.15) is 6.17 Å². The molecule has 1 N–H and O–H groups in total. The maximum absolute atomic E-state index is 13.1. The lowest BCUT2D eigenvalue weighted by atomic mass is 9.97. The summed E-state index contributed by atoms with van der Waals surface area (Å²) in [6, 6.07) is 2.47. The Labute approximate surface area is 131 Å². The van der Waals surface area contributed by atoms with E-state index in [9.17, 15) is 4.79 Å². The number of nitrogens with zero attached hydrogens (tertiary/aromatic N) is 1. The highest BCUT2D eigenvalue weighted by molar-refractivity contribution is 7.07. The van der Waals surface area contributed by atoms with Crippen LogP contribution in [0.4, 0.5) is 0 Å². The van der Waals surface area contributed by atoms with E-state index < -0.39 is 0 Å². The van der Waals surface area contributed by atoms with E-state index in [1.54, 1.807) is 11.3 Å². The van der Waals surface area contributed by atoms with Gasteiger partial charge in [-0.3, -0.25) is 10.1 Å². The van der Waals surface area contributed by atoms with Crippen LogP contribution >= 0.6 is 11.3 Å². The van der Waals surface area contributed by atoms with E-state index in [1.807, 2.05) is 0 Å². The van der Waals surface area contributed by atoms with Gasteiger partial charge in [0.25, 0.3) is 0 Å². The van der Waals surface area contributed by atoms with Gasteiger partial charge in [-0.15, -0.1) is 0 Å². The van der Waals surface area contributed by atoms with Gasteiger partial charge in [0, 0.05) is 6.04 Å². The minimum atomic E-state index is -0.271. The Bertz CT molecular complexity index is 479. The topological polar surface area (TPSA) is 32.3 Å². The predicted octanol–water partition coefficient (Wildman–Crippen LogP) is 4.07. The van der Waals surface area contributed by atoms with Crippen LogP contribution in [-0.2, 0) is 4.79 Å². The van der Waals surface area contributed by atoms with Gasteiger partial charge in [-0.2, -0.15) is 11.3 Å². The molecule has 1 aromatic rings. The van der Waals surface area contributed by atoms with Crippen LogP contribution in [0.5, 0.6) is 0 Å². The zero-order chi connectivity index (χ0) is 14.9. The van der Waals surface area contributed by atoms with Gasteiger partial charge < -0.3 is 4.90 Å². The van der Waals surface area contributed by atoms with Crippen LogP contribution < -0.4 is 5.32 Å². The molecule has 21 heavy (non-hydrogen) atoms. The summed E-state index contributed by atoms with van der Waals surface area (Å²) in [6.07, 6.45) is 7.91. The van der Waals surface area contributed by atoms with Crippen LogP contribution in [0.3, 0.4) is 0 Å². The van der Waals surface area contributed by atoms with Crippen molar-refractivity contribution < 1.29 is 4.79 Å². The summed E-state index contributed by atoms with van der Waals surface area (Å²) < 4.78 is 0. The van der Waals surface area contributed by atoms with E-state index in [0.29, 0.717) is 11.9 Å². The van der Waals surface area contributed by atoms with E-state index in [2.05, 4.69) is 40.9 Å². The maximum Gasteiger partial charge on any atom is 0.244 e. The molecule has 1 saturated heterocycles. The lowest BCUT2D eigenvalue weighted by molar-refractivity contribution is -0.135. The molecule has 1 spiro atoms. The fourth-order valence-electron chi connectivity index (χ4n) is 3.86. The summed E-state index contributed by atoms with van der Waals surface area (Å²) in [7, 11) is 0. The van der Waals surface area contributed by atoms with Crippen molar-refractivity contribution in [1.29, 1.82) is 0 Å². The molecular weight excluding hydrogens is 280 g/mol. The molecule has 1 aliphatic heterocycles. The first kappa shape index (κ1) is 15.0. The zero-order valence-corrected chi connectivity index (χ0v) is 13.9. The number of carbonyl (C=O) groups excluding carboxylic acids is 1. The van der Waals surface area contributed by atoms with E-state index >= 15 is 0 Å². The molecule has 2 heterocycles. The average molecular weight is 306 g/mol. The Morgan fingerprint density at radius 1 is 1.48 bits per heavy atom. The predicted molar refractivity (Wildman–Crippen MR) is 87.2 cm³/mol. The molecule has 1 amide bonds. The molecule has 1 aromatic heterocycles. The number of hydrogen-bond acceptors (Lipinski definition) is 3. The standard InChI is InChI=1S/C17H26N2OS/c1-3-4-7-13(2)19-15(14-8-11-21-12-14)18-17(16(19)20)9-5-6-10-17/h8,11-13,15,18H,3-7,9-10H2,1-2H3. The third-order valence-corrected chi connectivity index (χ3v) is 5.80. The fraction of sp³-hybridized carbons (Fsp3) is 0.706. The van der Waals surface area contributed by atoms with Gasteiger partial charge >= 0.3 is 0 Å². The maximum atomic E-state index is 13.1. The third-order valence-electron chi connectivity index (χ3n) is 5.10. The summed E-state index contributed by atoms with van der Waals surface area (Å²) in [6.45, 7) is 4.42. The van der Waals surface area contributed by atoms with Crippen molar-refractivity contribution in [2.24, 2.45) is 0 Å². The highest BCUT2D eigenvalue weighted by atomic mass is 32.1. The highest BCUT2D eigenvalue weighted by Gasteiger charge is 2.53. The Morgan fingerprint density at radius 3 is 2.86 bits per heavy atom. The molecule has 1 aliphatic carbocycles. The Hall–Kier alpha value is -0.870. The number of thiophene rings is 1. The van der Waals surface area contributed by atoms with Crippen molar-refractivity contribution in [2.75, 3.05) is 0 Å². The molecular formula is C17H26N2OS. The molecule has 2 atom stereocenters. The second-order valence-electron chi connectivity index (χ2n) is 6.60. The van der Waals surface area contributed by atoms with Crippen molar-refractivity contribution in [3.05, 3.63) is 22.4 Å². The molecule has 0 radical (unpaired) electrons. The second kappa shape index (κ2) is 6.09. The van der Waals surface area contributed by atoms with Crippen molar-refractivity contribution >= 4 is 17.2 Å². The van der Waals surface area contributed by atoms with E-state index in [4.69, 9.17) is 0 Å².